The predicted molar refractivity (Wildman–Crippen MR) is 114 cm³/mol. The molecule has 1 N–H and O–H groups in total. The molecule has 0 amide bonds. The quantitative estimate of drug-likeness (QED) is 0.650. The van der Waals surface area contributed by atoms with Gasteiger partial charge in [-0.3, -0.25) is 4.79 Å². The molecule has 2 saturated carbocycles. The number of ketones is 1. The van der Waals surface area contributed by atoms with Gasteiger partial charge in [-0.15, -0.1) is 0 Å². The van der Waals surface area contributed by atoms with Crippen molar-refractivity contribution in [2.45, 2.75) is 91.1 Å². The van der Waals surface area contributed by atoms with Gasteiger partial charge in [-0.1, -0.05) is 39.0 Å². The zero-order valence-electron chi connectivity index (χ0n) is 18.0. The van der Waals surface area contributed by atoms with Gasteiger partial charge in [0.1, 0.15) is 5.78 Å². The van der Waals surface area contributed by atoms with Crippen LogP contribution in [0.15, 0.2) is 18.2 Å². The smallest absolute Gasteiger partial charge is 0.133 e. The zero-order valence-corrected chi connectivity index (χ0v) is 18.0. The van der Waals surface area contributed by atoms with Gasteiger partial charge in [0.25, 0.3) is 0 Å². The first-order valence-electron chi connectivity index (χ1n) is 11.7. The average molecular weight is 383 g/mol. The Bertz CT molecular complexity index is 721. The number of aliphatic hydroxyl groups is 1. The summed E-state index contributed by atoms with van der Waals surface area (Å²) in [4.78, 5) is 12.3. The summed E-state index contributed by atoms with van der Waals surface area (Å²) < 4.78 is 0. The number of hydrogen-bond acceptors (Lipinski definition) is 2. The van der Waals surface area contributed by atoms with Crippen molar-refractivity contribution in [1.82, 2.24) is 0 Å². The molecule has 1 aromatic carbocycles. The number of carbonyl (C=O) groups excluding carboxylic acids is 1. The van der Waals surface area contributed by atoms with E-state index in [-0.39, 0.29) is 6.61 Å². The van der Waals surface area contributed by atoms with Gasteiger partial charge in [0.2, 0.25) is 0 Å². The summed E-state index contributed by atoms with van der Waals surface area (Å²) in [7, 11) is 0. The van der Waals surface area contributed by atoms with Crippen LogP contribution in [0, 0.1) is 29.1 Å². The number of rotatable bonds is 6. The summed E-state index contributed by atoms with van der Waals surface area (Å²) >= 11 is 0. The summed E-state index contributed by atoms with van der Waals surface area (Å²) in [6, 6.07) is 6.70. The highest BCUT2D eigenvalue weighted by atomic mass is 16.3. The topological polar surface area (TPSA) is 37.3 Å². The van der Waals surface area contributed by atoms with Gasteiger partial charge < -0.3 is 5.11 Å². The Morgan fingerprint density at radius 1 is 1.21 bits per heavy atom. The Kier molecular flexibility index (Phi) is 5.71. The third-order valence-electron chi connectivity index (χ3n) is 8.58. The van der Waals surface area contributed by atoms with Crippen LogP contribution in [0.5, 0.6) is 0 Å². The minimum atomic E-state index is 0.152. The Morgan fingerprint density at radius 2 is 2.04 bits per heavy atom. The first-order chi connectivity index (χ1) is 13.4. The SMILES string of the molecule is CC(C)CC(=O)CC[C@H]1CC[C@H]2[C@@H]3CCc4cc(CO)ccc4[C@H]3CC[C@]12C. The number of benzene rings is 1. The van der Waals surface area contributed by atoms with E-state index in [0.717, 1.165) is 48.5 Å². The van der Waals surface area contributed by atoms with E-state index < -0.39 is 0 Å². The van der Waals surface area contributed by atoms with E-state index in [0.29, 0.717) is 17.1 Å². The fourth-order valence-electron chi connectivity index (χ4n) is 7.21. The van der Waals surface area contributed by atoms with E-state index in [4.69, 9.17) is 0 Å². The number of aryl methyl sites for hydroxylation is 1. The number of Topliss-reactive ketones (excluding diaryl/α,β-unsaturated/α-hetero) is 1. The molecule has 2 heteroatoms. The maximum atomic E-state index is 12.3. The number of hydrogen-bond donors (Lipinski definition) is 1. The lowest BCUT2D eigenvalue weighted by atomic mass is 9.54. The minimum absolute atomic E-state index is 0.152. The van der Waals surface area contributed by atoms with Crippen molar-refractivity contribution < 1.29 is 9.90 Å². The van der Waals surface area contributed by atoms with E-state index in [9.17, 15) is 9.90 Å². The van der Waals surface area contributed by atoms with Gasteiger partial charge >= 0.3 is 0 Å². The second-order valence-electron chi connectivity index (χ2n) is 10.6. The predicted octanol–water partition coefficient (Wildman–Crippen LogP) is 6.05. The average Bonchev–Trinajstić information content (AvgIpc) is 3.01. The molecule has 0 aliphatic heterocycles. The standard InChI is InChI=1S/C26H38O2/c1-17(2)14-21(28)8-6-20-7-11-25-24-10-5-19-15-18(16-27)4-9-22(19)23(24)12-13-26(20,25)3/h4,9,15,17,20,23-25,27H,5-8,10-14,16H2,1-3H3/t20-,23+,24+,25-,26+/m0/s1. The third-order valence-corrected chi connectivity index (χ3v) is 8.58. The molecule has 4 rings (SSSR count). The summed E-state index contributed by atoms with van der Waals surface area (Å²) in [5, 5.41) is 9.47. The Hall–Kier alpha value is -1.15. The second-order valence-corrected chi connectivity index (χ2v) is 10.6. The Labute approximate surface area is 171 Å². The van der Waals surface area contributed by atoms with Gasteiger partial charge in [-0.2, -0.15) is 0 Å². The van der Waals surface area contributed by atoms with Crippen LogP contribution in [0.25, 0.3) is 0 Å². The zero-order chi connectivity index (χ0) is 19.9. The van der Waals surface area contributed by atoms with E-state index in [1.807, 2.05) is 0 Å². The van der Waals surface area contributed by atoms with E-state index in [1.165, 1.54) is 44.1 Å². The molecule has 1 aromatic rings. The van der Waals surface area contributed by atoms with Crippen molar-refractivity contribution in [1.29, 1.82) is 0 Å². The molecule has 2 fully saturated rings. The van der Waals surface area contributed by atoms with Crippen LogP contribution in [-0.2, 0) is 17.8 Å². The van der Waals surface area contributed by atoms with Crippen molar-refractivity contribution in [3.63, 3.8) is 0 Å². The molecule has 3 aliphatic rings. The summed E-state index contributed by atoms with van der Waals surface area (Å²) in [5.41, 5.74) is 4.57. The molecular formula is C26H38O2. The lowest BCUT2D eigenvalue weighted by molar-refractivity contribution is -0.120. The van der Waals surface area contributed by atoms with Crippen molar-refractivity contribution in [2.24, 2.45) is 29.1 Å². The number of carbonyl (C=O) groups is 1. The second kappa shape index (κ2) is 7.94. The van der Waals surface area contributed by atoms with Crippen molar-refractivity contribution in [3.8, 4) is 0 Å². The van der Waals surface area contributed by atoms with E-state index in [1.54, 1.807) is 5.56 Å². The first kappa shape index (κ1) is 20.1. The summed E-state index contributed by atoms with van der Waals surface area (Å²) in [6.45, 7) is 7.01. The maximum absolute atomic E-state index is 12.3. The van der Waals surface area contributed by atoms with Crippen LogP contribution in [-0.4, -0.2) is 10.9 Å². The fourth-order valence-corrected chi connectivity index (χ4v) is 7.21. The van der Waals surface area contributed by atoms with Crippen LogP contribution in [0.3, 0.4) is 0 Å². The Balaban J connectivity index is 1.47. The fraction of sp³-hybridized carbons (Fsp3) is 0.731. The molecule has 2 nitrogen and oxygen atoms in total. The van der Waals surface area contributed by atoms with E-state index >= 15 is 0 Å². The summed E-state index contributed by atoms with van der Waals surface area (Å²) in [6.07, 6.45) is 10.5. The van der Waals surface area contributed by atoms with Crippen molar-refractivity contribution in [3.05, 3.63) is 34.9 Å². The van der Waals surface area contributed by atoms with Gasteiger partial charge in [0.15, 0.2) is 0 Å². The highest BCUT2D eigenvalue weighted by Crippen LogP contribution is 2.63. The first-order valence-corrected chi connectivity index (χ1v) is 11.7. The van der Waals surface area contributed by atoms with E-state index in [2.05, 4.69) is 39.0 Å². The summed E-state index contributed by atoms with van der Waals surface area (Å²) in [5.74, 6) is 4.08. The van der Waals surface area contributed by atoms with Crippen LogP contribution in [0.2, 0.25) is 0 Å². The van der Waals surface area contributed by atoms with Gasteiger partial charge in [0, 0.05) is 12.8 Å². The molecule has 0 radical (unpaired) electrons. The minimum Gasteiger partial charge on any atom is -0.392 e. The van der Waals surface area contributed by atoms with Gasteiger partial charge in [-0.05, 0) is 96.6 Å². The third kappa shape index (κ3) is 3.58. The van der Waals surface area contributed by atoms with Crippen molar-refractivity contribution in [2.75, 3.05) is 0 Å². The number of fused-ring (bicyclic) bond motifs is 5. The van der Waals surface area contributed by atoms with Crippen LogP contribution in [0.1, 0.15) is 94.7 Å². The molecule has 3 aliphatic carbocycles. The maximum Gasteiger partial charge on any atom is 0.133 e. The lowest BCUT2D eigenvalue weighted by Crippen LogP contribution is -2.42. The highest BCUT2D eigenvalue weighted by molar-refractivity contribution is 5.78. The molecule has 0 heterocycles. The molecule has 0 bridgehead atoms. The molecule has 5 atom stereocenters. The molecule has 0 spiro atoms. The molecule has 28 heavy (non-hydrogen) atoms. The normalized spacial score (nSPS) is 34.0. The monoisotopic (exact) mass is 382 g/mol. The molecular weight excluding hydrogens is 344 g/mol. The van der Waals surface area contributed by atoms with Crippen LogP contribution in [0.4, 0.5) is 0 Å². The Morgan fingerprint density at radius 3 is 2.79 bits per heavy atom. The molecule has 0 saturated heterocycles. The van der Waals surface area contributed by atoms with Crippen molar-refractivity contribution >= 4 is 5.78 Å². The highest BCUT2D eigenvalue weighted by Gasteiger charge is 2.54. The molecule has 0 aromatic heterocycles. The van der Waals surface area contributed by atoms with Gasteiger partial charge in [0.05, 0.1) is 6.61 Å². The number of aliphatic hydroxyl groups excluding tert-OH is 1. The van der Waals surface area contributed by atoms with Gasteiger partial charge in [-0.25, -0.2) is 0 Å². The lowest BCUT2D eigenvalue weighted by Gasteiger charge is -2.51. The van der Waals surface area contributed by atoms with Crippen LogP contribution >= 0.6 is 0 Å². The largest absolute Gasteiger partial charge is 0.392 e. The van der Waals surface area contributed by atoms with Crippen LogP contribution < -0.4 is 0 Å². The molecule has 154 valence electrons. The molecule has 0 unspecified atom stereocenters.